The highest BCUT2D eigenvalue weighted by Gasteiger charge is 2.45. The average molecular weight is 350 g/mol. The molecule has 134 valence electrons. The molecule has 0 aliphatic carbocycles. The molecule has 5 nitrogen and oxygen atoms in total. The normalized spacial score (nSPS) is 19.1. The van der Waals surface area contributed by atoms with Gasteiger partial charge in [-0.1, -0.05) is 50.1 Å². The van der Waals surface area contributed by atoms with Crippen LogP contribution < -0.4 is 0 Å². The fraction of sp³-hybridized carbons (Fsp3) is 0.286. The highest BCUT2D eigenvalue weighted by atomic mass is 16.3. The number of aromatic nitrogens is 1. The van der Waals surface area contributed by atoms with Crippen LogP contribution in [0.2, 0.25) is 0 Å². The summed E-state index contributed by atoms with van der Waals surface area (Å²) in [6, 6.07) is 11.8. The van der Waals surface area contributed by atoms with Crippen LogP contribution in [0.1, 0.15) is 43.4 Å². The minimum atomic E-state index is -0.635. The molecule has 1 N–H and O–H groups in total. The smallest absolute Gasteiger partial charge is 0.295 e. The maximum absolute atomic E-state index is 12.7. The van der Waals surface area contributed by atoms with E-state index >= 15 is 0 Å². The molecule has 0 bridgehead atoms. The van der Waals surface area contributed by atoms with Crippen molar-refractivity contribution in [3.05, 3.63) is 71.6 Å². The van der Waals surface area contributed by atoms with Crippen molar-refractivity contribution in [2.45, 2.75) is 32.2 Å². The van der Waals surface area contributed by atoms with Gasteiger partial charge in [-0.2, -0.15) is 0 Å². The second-order valence-electron chi connectivity index (χ2n) is 6.35. The van der Waals surface area contributed by atoms with E-state index in [9.17, 15) is 14.7 Å². The molecular weight excluding hydrogens is 328 g/mol. The summed E-state index contributed by atoms with van der Waals surface area (Å²) in [5.74, 6) is -1.33. The molecule has 1 aromatic heterocycles. The van der Waals surface area contributed by atoms with E-state index in [1.807, 2.05) is 6.07 Å². The largest absolute Gasteiger partial charge is 0.507 e. The maximum Gasteiger partial charge on any atom is 0.295 e. The number of likely N-dealkylation sites (tertiary alicyclic amines) is 1. The van der Waals surface area contributed by atoms with Crippen molar-refractivity contribution in [3.63, 3.8) is 0 Å². The molecule has 26 heavy (non-hydrogen) atoms. The monoisotopic (exact) mass is 350 g/mol. The molecule has 1 aliphatic rings. The first-order chi connectivity index (χ1) is 12.6. The minimum Gasteiger partial charge on any atom is -0.507 e. The summed E-state index contributed by atoms with van der Waals surface area (Å²) in [5, 5.41) is 10.8. The van der Waals surface area contributed by atoms with Crippen molar-refractivity contribution in [1.29, 1.82) is 0 Å². The van der Waals surface area contributed by atoms with Gasteiger partial charge in [0.2, 0.25) is 0 Å². The summed E-state index contributed by atoms with van der Waals surface area (Å²) in [6.45, 7) is 2.57. The van der Waals surface area contributed by atoms with Crippen molar-refractivity contribution in [1.82, 2.24) is 9.88 Å². The molecule has 0 spiro atoms. The Kier molecular flexibility index (Phi) is 5.46. The number of rotatable bonds is 6. The second-order valence-corrected chi connectivity index (χ2v) is 6.35. The molecule has 2 heterocycles. The van der Waals surface area contributed by atoms with Crippen LogP contribution in [0.3, 0.4) is 0 Å². The molecule has 0 saturated carbocycles. The van der Waals surface area contributed by atoms with E-state index in [1.165, 1.54) is 0 Å². The van der Waals surface area contributed by atoms with E-state index < -0.39 is 17.7 Å². The standard InChI is InChI=1S/C21H22N2O3/c1-2-3-7-14-23-18(15-10-12-22-13-11-15)17(20(25)21(23)26)19(24)16-8-5-4-6-9-16/h4-6,8-13,18,24H,2-3,7,14H2,1H3/b19-17-. The van der Waals surface area contributed by atoms with Crippen LogP contribution in [0.4, 0.5) is 0 Å². The zero-order valence-electron chi connectivity index (χ0n) is 14.8. The van der Waals surface area contributed by atoms with Gasteiger partial charge in [0.25, 0.3) is 11.7 Å². The molecule has 1 saturated heterocycles. The predicted molar refractivity (Wildman–Crippen MR) is 99.2 cm³/mol. The third kappa shape index (κ3) is 3.38. The molecule has 2 aromatic rings. The number of hydrogen-bond donors (Lipinski definition) is 1. The van der Waals surface area contributed by atoms with E-state index in [4.69, 9.17) is 0 Å². The Morgan fingerprint density at radius 2 is 1.77 bits per heavy atom. The fourth-order valence-electron chi connectivity index (χ4n) is 3.29. The number of Topliss-reactive ketones (excluding diaryl/α,β-unsaturated/α-hetero) is 1. The quantitative estimate of drug-likeness (QED) is 0.373. The van der Waals surface area contributed by atoms with Crippen LogP contribution in [0, 0.1) is 0 Å². The fourth-order valence-corrected chi connectivity index (χ4v) is 3.29. The molecule has 3 rings (SSSR count). The lowest BCUT2D eigenvalue weighted by Gasteiger charge is -2.25. The Hall–Kier alpha value is -2.95. The Bertz CT molecular complexity index is 816. The third-order valence-electron chi connectivity index (χ3n) is 4.61. The topological polar surface area (TPSA) is 70.5 Å². The Morgan fingerprint density at radius 3 is 2.42 bits per heavy atom. The van der Waals surface area contributed by atoms with Gasteiger partial charge in [0.15, 0.2) is 0 Å². The van der Waals surface area contributed by atoms with Crippen molar-refractivity contribution in [2.24, 2.45) is 0 Å². The number of unbranched alkanes of at least 4 members (excludes halogenated alkanes) is 2. The van der Waals surface area contributed by atoms with Crippen LogP contribution in [-0.2, 0) is 9.59 Å². The maximum atomic E-state index is 12.7. The Morgan fingerprint density at radius 1 is 1.08 bits per heavy atom. The van der Waals surface area contributed by atoms with Crippen molar-refractivity contribution < 1.29 is 14.7 Å². The van der Waals surface area contributed by atoms with Gasteiger partial charge < -0.3 is 10.0 Å². The van der Waals surface area contributed by atoms with Crippen molar-refractivity contribution in [2.75, 3.05) is 6.54 Å². The van der Waals surface area contributed by atoms with Gasteiger partial charge in [-0.3, -0.25) is 14.6 Å². The van der Waals surface area contributed by atoms with Gasteiger partial charge in [0, 0.05) is 24.5 Å². The van der Waals surface area contributed by atoms with Crippen LogP contribution in [0.15, 0.2) is 60.4 Å². The SMILES string of the molecule is CCCCCN1C(=O)C(=O)/C(=C(\O)c2ccccc2)C1c1ccncc1. The first-order valence-electron chi connectivity index (χ1n) is 8.89. The molecule has 1 unspecified atom stereocenters. The first kappa shape index (κ1) is 17.9. The second kappa shape index (κ2) is 7.95. The van der Waals surface area contributed by atoms with Gasteiger partial charge in [0.1, 0.15) is 5.76 Å². The van der Waals surface area contributed by atoms with Gasteiger partial charge in [-0.25, -0.2) is 0 Å². The minimum absolute atomic E-state index is 0.135. The van der Waals surface area contributed by atoms with Gasteiger partial charge >= 0.3 is 0 Å². The predicted octanol–water partition coefficient (Wildman–Crippen LogP) is 3.69. The van der Waals surface area contributed by atoms with Gasteiger partial charge in [-0.15, -0.1) is 0 Å². The summed E-state index contributed by atoms with van der Waals surface area (Å²) in [7, 11) is 0. The first-order valence-corrected chi connectivity index (χ1v) is 8.89. The number of nitrogens with zero attached hydrogens (tertiary/aromatic N) is 2. The van der Waals surface area contributed by atoms with E-state index in [-0.39, 0.29) is 11.3 Å². The highest BCUT2D eigenvalue weighted by Crippen LogP contribution is 2.39. The molecule has 5 heteroatoms. The highest BCUT2D eigenvalue weighted by molar-refractivity contribution is 6.46. The number of pyridine rings is 1. The van der Waals surface area contributed by atoms with E-state index in [0.717, 1.165) is 24.8 Å². The number of benzene rings is 1. The van der Waals surface area contributed by atoms with Crippen LogP contribution >= 0.6 is 0 Å². The van der Waals surface area contributed by atoms with Gasteiger partial charge in [-0.05, 0) is 24.1 Å². The number of amides is 1. The lowest BCUT2D eigenvalue weighted by atomic mass is 9.96. The lowest BCUT2D eigenvalue weighted by molar-refractivity contribution is -0.139. The summed E-state index contributed by atoms with van der Waals surface area (Å²) in [6.07, 6.45) is 6.07. The van der Waals surface area contributed by atoms with Crippen molar-refractivity contribution in [3.8, 4) is 0 Å². The molecular formula is C21H22N2O3. The number of aliphatic hydroxyl groups is 1. The molecule has 1 atom stereocenters. The van der Waals surface area contributed by atoms with Crippen LogP contribution in [0.25, 0.3) is 5.76 Å². The van der Waals surface area contributed by atoms with Crippen LogP contribution in [-0.4, -0.2) is 33.2 Å². The number of aliphatic hydroxyl groups excluding tert-OH is 1. The van der Waals surface area contributed by atoms with E-state index in [0.29, 0.717) is 12.1 Å². The van der Waals surface area contributed by atoms with E-state index in [1.54, 1.807) is 53.7 Å². The number of carbonyl (C=O) groups is 2. The summed E-state index contributed by atoms with van der Waals surface area (Å²) in [5.41, 5.74) is 1.44. The summed E-state index contributed by atoms with van der Waals surface area (Å²) >= 11 is 0. The summed E-state index contributed by atoms with van der Waals surface area (Å²) < 4.78 is 0. The zero-order valence-corrected chi connectivity index (χ0v) is 14.8. The zero-order chi connectivity index (χ0) is 18.5. The molecule has 1 aliphatic heterocycles. The third-order valence-corrected chi connectivity index (χ3v) is 4.61. The number of carbonyl (C=O) groups excluding carboxylic acids is 2. The number of ketones is 1. The molecule has 1 aromatic carbocycles. The molecule has 0 radical (unpaired) electrons. The lowest BCUT2D eigenvalue weighted by Crippen LogP contribution is -2.30. The Balaban J connectivity index is 2.09. The average Bonchev–Trinajstić information content (AvgIpc) is 2.94. The van der Waals surface area contributed by atoms with Crippen LogP contribution in [0.5, 0.6) is 0 Å². The van der Waals surface area contributed by atoms with E-state index in [2.05, 4.69) is 11.9 Å². The van der Waals surface area contributed by atoms with Gasteiger partial charge in [0.05, 0.1) is 11.6 Å². The van der Waals surface area contributed by atoms with Crippen molar-refractivity contribution >= 4 is 17.4 Å². The summed E-state index contributed by atoms with van der Waals surface area (Å²) in [4.78, 5) is 31.0. The molecule has 1 amide bonds. The Labute approximate surface area is 153 Å². The number of hydrogen-bond acceptors (Lipinski definition) is 4. The molecule has 1 fully saturated rings.